The van der Waals surface area contributed by atoms with Crippen LogP contribution in [-0.4, -0.2) is 23.7 Å². The van der Waals surface area contributed by atoms with Gasteiger partial charge in [0.15, 0.2) is 5.82 Å². The molecule has 0 bridgehead atoms. The Morgan fingerprint density at radius 2 is 1.78 bits per heavy atom. The summed E-state index contributed by atoms with van der Waals surface area (Å²) in [5.41, 5.74) is -0.871. The molecule has 0 unspecified atom stereocenters. The van der Waals surface area contributed by atoms with E-state index in [0.29, 0.717) is 13.1 Å². The molecule has 0 aliphatic heterocycles. The van der Waals surface area contributed by atoms with Gasteiger partial charge < -0.3 is 0 Å². The molecule has 0 aliphatic carbocycles. The smallest absolute Gasteiger partial charge is 0.205 e. The van der Waals surface area contributed by atoms with Crippen molar-refractivity contribution >= 4 is 10.0 Å². The second-order valence-corrected chi connectivity index (χ2v) is 6.52. The van der Waals surface area contributed by atoms with Crippen LogP contribution in [0.1, 0.15) is 27.7 Å². The van der Waals surface area contributed by atoms with Crippen LogP contribution in [0.5, 0.6) is 0 Å². The van der Waals surface area contributed by atoms with Gasteiger partial charge in [-0.05, 0) is 20.8 Å². The van der Waals surface area contributed by atoms with Crippen molar-refractivity contribution in [3.8, 4) is 0 Å². The number of hydrogen-bond acceptors (Lipinski definition) is 3. The van der Waals surface area contributed by atoms with E-state index >= 15 is 0 Å². The molecule has 0 saturated heterocycles. The highest BCUT2D eigenvalue weighted by Crippen LogP contribution is 2.22. The maximum atomic E-state index is 13.4. The van der Waals surface area contributed by atoms with Crippen molar-refractivity contribution in [2.24, 2.45) is 0 Å². The standard InChI is InChI=1S/C9H14F3N3O2S/c1-8(2,3)14-18(16,17)7-6(10)5-15(13-7)9(4,11)12/h5,14H,1-4H3. The highest BCUT2D eigenvalue weighted by molar-refractivity contribution is 7.89. The summed E-state index contributed by atoms with van der Waals surface area (Å²) >= 11 is 0. The van der Waals surface area contributed by atoms with Crippen LogP contribution in [0.3, 0.4) is 0 Å². The van der Waals surface area contributed by atoms with E-state index in [4.69, 9.17) is 0 Å². The molecule has 5 nitrogen and oxygen atoms in total. The van der Waals surface area contributed by atoms with Crippen LogP contribution < -0.4 is 4.72 Å². The summed E-state index contributed by atoms with van der Waals surface area (Å²) in [5.74, 6) is -1.33. The molecule has 1 heterocycles. The van der Waals surface area contributed by atoms with Gasteiger partial charge >= 0.3 is 6.05 Å². The zero-order valence-corrected chi connectivity index (χ0v) is 11.1. The normalized spacial score (nSPS) is 13.9. The number of halogens is 3. The highest BCUT2D eigenvalue weighted by atomic mass is 32.2. The largest absolute Gasteiger partial charge is 0.340 e. The number of nitrogens with zero attached hydrogens (tertiary/aromatic N) is 2. The average Bonchev–Trinajstić information content (AvgIpc) is 2.41. The third kappa shape index (κ3) is 3.45. The van der Waals surface area contributed by atoms with Crippen molar-refractivity contribution < 1.29 is 21.6 Å². The van der Waals surface area contributed by atoms with E-state index in [2.05, 4.69) is 9.82 Å². The summed E-state index contributed by atoms with van der Waals surface area (Å²) in [7, 11) is -4.28. The Hall–Kier alpha value is -1.09. The van der Waals surface area contributed by atoms with Gasteiger partial charge in [-0.15, -0.1) is 0 Å². The second kappa shape index (κ2) is 4.23. The lowest BCUT2D eigenvalue weighted by Crippen LogP contribution is -2.41. The zero-order valence-electron chi connectivity index (χ0n) is 10.3. The fourth-order valence-electron chi connectivity index (χ4n) is 1.17. The van der Waals surface area contributed by atoms with Gasteiger partial charge in [0.1, 0.15) is 0 Å². The Bertz CT molecular complexity index is 540. The maximum Gasteiger partial charge on any atom is 0.340 e. The SMILES string of the molecule is CC(C)(C)NS(=O)(=O)c1nn(C(C)(F)F)cc1F. The summed E-state index contributed by atoms with van der Waals surface area (Å²) in [6, 6.07) is -3.48. The monoisotopic (exact) mass is 285 g/mol. The lowest BCUT2D eigenvalue weighted by molar-refractivity contribution is -0.0733. The van der Waals surface area contributed by atoms with Gasteiger partial charge in [0.05, 0.1) is 6.20 Å². The number of nitrogens with one attached hydrogen (secondary N) is 1. The Labute approximate surface area is 103 Å². The molecule has 18 heavy (non-hydrogen) atoms. The van der Waals surface area contributed by atoms with Crippen LogP contribution in [-0.2, 0) is 16.1 Å². The second-order valence-electron chi connectivity index (χ2n) is 4.92. The highest BCUT2D eigenvalue weighted by Gasteiger charge is 2.33. The van der Waals surface area contributed by atoms with Gasteiger partial charge in [0.2, 0.25) is 5.03 Å². The van der Waals surface area contributed by atoms with Gasteiger partial charge in [-0.3, -0.25) is 0 Å². The number of hydrogen-bond donors (Lipinski definition) is 1. The van der Waals surface area contributed by atoms with E-state index in [-0.39, 0.29) is 4.68 Å². The Balaban J connectivity index is 3.23. The van der Waals surface area contributed by atoms with E-state index < -0.39 is 32.5 Å². The lowest BCUT2D eigenvalue weighted by Gasteiger charge is -2.19. The van der Waals surface area contributed by atoms with Crippen LogP contribution in [0.4, 0.5) is 13.2 Å². The van der Waals surface area contributed by atoms with Crippen molar-refractivity contribution in [3.05, 3.63) is 12.0 Å². The van der Waals surface area contributed by atoms with E-state index in [1.165, 1.54) is 20.8 Å². The van der Waals surface area contributed by atoms with Crippen molar-refractivity contribution in [1.82, 2.24) is 14.5 Å². The Morgan fingerprint density at radius 3 is 2.11 bits per heavy atom. The minimum atomic E-state index is -4.28. The maximum absolute atomic E-state index is 13.4. The topological polar surface area (TPSA) is 64.0 Å². The molecule has 0 aromatic carbocycles. The quantitative estimate of drug-likeness (QED) is 0.918. The molecular formula is C9H14F3N3O2S. The van der Waals surface area contributed by atoms with Gasteiger partial charge in [-0.25, -0.2) is 22.2 Å². The van der Waals surface area contributed by atoms with Gasteiger partial charge in [-0.1, -0.05) is 0 Å². The molecule has 0 aliphatic rings. The predicted octanol–water partition coefficient (Wildman–Crippen LogP) is 1.67. The lowest BCUT2D eigenvalue weighted by atomic mass is 10.1. The summed E-state index contributed by atoms with van der Waals surface area (Å²) in [6.45, 7) is 5.09. The summed E-state index contributed by atoms with van der Waals surface area (Å²) in [5, 5.41) is 2.04. The summed E-state index contributed by atoms with van der Waals surface area (Å²) in [4.78, 5) is 0. The molecule has 1 N–H and O–H groups in total. The van der Waals surface area contributed by atoms with Crippen molar-refractivity contribution in [2.45, 2.75) is 44.3 Å². The first-order valence-electron chi connectivity index (χ1n) is 5.00. The molecule has 9 heteroatoms. The first kappa shape index (κ1) is 15.0. The fourth-order valence-corrected chi connectivity index (χ4v) is 2.58. The number of sulfonamides is 1. The predicted molar refractivity (Wildman–Crippen MR) is 58.1 cm³/mol. The fraction of sp³-hybridized carbons (Fsp3) is 0.667. The molecule has 0 amide bonds. The molecule has 0 atom stereocenters. The van der Waals surface area contributed by atoms with Crippen LogP contribution in [0, 0.1) is 5.82 Å². The molecule has 0 fully saturated rings. The third-order valence-corrected chi connectivity index (χ3v) is 3.40. The minimum absolute atomic E-state index is 0.0282. The van der Waals surface area contributed by atoms with E-state index in [9.17, 15) is 21.6 Å². The summed E-state index contributed by atoms with van der Waals surface area (Å²) < 4.78 is 64.7. The average molecular weight is 285 g/mol. The Morgan fingerprint density at radius 1 is 1.28 bits per heavy atom. The first-order valence-corrected chi connectivity index (χ1v) is 6.49. The zero-order chi connectivity index (χ0) is 14.4. The Kier molecular flexibility index (Phi) is 3.52. The molecule has 0 spiro atoms. The minimum Gasteiger partial charge on any atom is -0.205 e. The van der Waals surface area contributed by atoms with Crippen LogP contribution >= 0.6 is 0 Å². The number of aromatic nitrogens is 2. The molecule has 1 aromatic heterocycles. The molecule has 1 rings (SSSR count). The number of rotatable bonds is 3. The third-order valence-electron chi connectivity index (χ3n) is 1.74. The van der Waals surface area contributed by atoms with Gasteiger partial charge in [0.25, 0.3) is 10.0 Å². The molecule has 104 valence electrons. The van der Waals surface area contributed by atoms with Crippen LogP contribution in [0.25, 0.3) is 0 Å². The number of alkyl halides is 2. The van der Waals surface area contributed by atoms with Crippen molar-refractivity contribution in [1.29, 1.82) is 0 Å². The molecule has 0 saturated carbocycles. The first-order chi connectivity index (χ1) is 7.83. The van der Waals surface area contributed by atoms with Crippen molar-refractivity contribution in [3.63, 3.8) is 0 Å². The van der Waals surface area contributed by atoms with E-state index in [0.717, 1.165) is 0 Å². The van der Waals surface area contributed by atoms with Crippen LogP contribution in [0.15, 0.2) is 11.2 Å². The van der Waals surface area contributed by atoms with Crippen molar-refractivity contribution in [2.75, 3.05) is 0 Å². The van der Waals surface area contributed by atoms with E-state index in [1.807, 2.05) is 0 Å². The van der Waals surface area contributed by atoms with Gasteiger partial charge in [-0.2, -0.15) is 13.9 Å². The van der Waals surface area contributed by atoms with Crippen LogP contribution in [0.2, 0.25) is 0 Å². The molecule has 0 radical (unpaired) electrons. The van der Waals surface area contributed by atoms with Gasteiger partial charge in [0, 0.05) is 12.5 Å². The molecule has 1 aromatic rings. The molecular weight excluding hydrogens is 271 g/mol. The van der Waals surface area contributed by atoms with E-state index in [1.54, 1.807) is 0 Å². The summed E-state index contributed by atoms with van der Waals surface area (Å²) in [6.07, 6.45) is 0.344.